The second-order valence-electron chi connectivity index (χ2n) is 5.87. The molecule has 0 radical (unpaired) electrons. The van der Waals surface area contributed by atoms with Crippen molar-refractivity contribution in [2.24, 2.45) is 0 Å². The summed E-state index contributed by atoms with van der Waals surface area (Å²) in [6.07, 6.45) is 0. The summed E-state index contributed by atoms with van der Waals surface area (Å²) in [6.45, 7) is 7.87. The van der Waals surface area contributed by atoms with Crippen LogP contribution in [-0.4, -0.2) is 21.4 Å². The van der Waals surface area contributed by atoms with Gasteiger partial charge in [0.25, 0.3) is 11.1 Å². The lowest BCUT2D eigenvalue weighted by atomic mass is 10.1. The van der Waals surface area contributed by atoms with Crippen molar-refractivity contribution in [1.29, 1.82) is 0 Å². The molecule has 0 unspecified atom stereocenters. The molecule has 1 amide bonds. The first-order valence-electron chi connectivity index (χ1n) is 7.87. The van der Waals surface area contributed by atoms with Gasteiger partial charge in [0.15, 0.2) is 0 Å². The Morgan fingerprint density at radius 3 is 2.60 bits per heavy atom. The highest BCUT2D eigenvalue weighted by molar-refractivity contribution is 8.00. The molecule has 0 aliphatic rings. The van der Waals surface area contributed by atoms with Gasteiger partial charge in [-0.2, -0.15) is 0 Å². The molecule has 0 aliphatic heterocycles. The maximum Gasteiger partial charge on any atom is 0.277 e. The molecule has 0 aliphatic carbocycles. The number of anilines is 1. The van der Waals surface area contributed by atoms with Gasteiger partial charge in [-0.15, -0.1) is 21.5 Å². The molecule has 25 heavy (non-hydrogen) atoms. The standard InChI is InChI=1S/C18H19N3O2S2/c1-10-8-11(2)15(12(3)9-10)19-16(22)13(4)25-18-21-20-17(23-18)14-6-5-7-24-14/h5-9,13H,1-4H3,(H,19,22)/t13-/m0/s1. The topological polar surface area (TPSA) is 68.0 Å². The van der Waals surface area contributed by atoms with Gasteiger partial charge in [0.05, 0.1) is 10.1 Å². The number of rotatable bonds is 5. The fourth-order valence-corrected chi connectivity index (χ4v) is 3.89. The van der Waals surface area contributed by atoms with Crippen molar-refractivity contribution in [1.82, 2.24) is 10.2 Å². The monoisotopic (exact) mass is 373 g/mol. The number of aryl methyl sites for hydroxylation is 3. The molecule has 5 nitrogen and oxygen atoms in total. The van der Waals surface area contributed by atoms with E-state index in [0.717, 1.165) is 21.7 Å². The lowest BCUT2D eigenvalue weighted by molar-refractivity contribution is -0.115. The summed E-state index contributed by atoms with van der Waals surface area (Å²) in [5.41, 5.74) is 4.16. The molecule has 1 N–H and O–H groups in total. The van der Waals surface area contributed by atoms with Crippen LogP contribution < -0.4 is 5.32 Å². The van der Waals surface area contributed by atoms with Crippen molar-refractivity contribution in [3.63, 3.8) is 0 Å². The Balaban J connectivity index is 1.67. The maximum atomic E-state index is 12.5. The zero-order valence-electron chi connectivity index (χ0n) is 14.5. The van der Waals surface area contributed by atoms with E-state index in [2.05, 4.69) is 27.6 Å². The first-order valence-corrected chi connectivity index (χ1v) is 9.62. The molecule has 3 aromatic rings. The van der Waals surface area contributed by atoms with E-state index in [4.69, 9.17) is 4.42 Å². The molecule has 3 rings (SSSR count). The highest BCUT2D eigenvalue weighted by Gasteiger charge is 2.20. The van der Waals surface area contributed by atoms with Crippen LogP contribution in [0.4, 0.5) is 5.69 Å². The summed E-state index contributed by atoms with van der Waals surface area (Å²) in [5, 5.41) is 13.1. The van der Waals surface area contributed by atoms with E-state index >= 15 is 0 Å². The summed E-state index contributed by atoms with van der Waals surface area (Å²) in [5.74, 6) is 0.395. The van der Waals surface area contributed by atoms with Crippen LogP contribution in [0, 0.1) is 20.8 Å². The number of amides is 1. The molecule has 7 heteroatoms. The molecule has 0 spiro atoms. The average Bonchev–Trinajstić information content (AvgIpc) is 3.21. The Morgan fingerprint density at radius 1 is 1.24 bits per heavy atom. The number of thioether (sulfide) groups is 1. The Hall–Kier alpha value is -2.12. The van der Waals surface area contributed by atoms with Gasteiger partial charge < -0.3 is 9.73 Å². The number of hydrogen-bond donors (Lipinski definition) is 1. The zero-order chi connectivity index (χ0) is 18.0. The molecule has 2 aromatic heterocycles. The summed E-state index contributed by atoms with van der Waals surface area (Å²) < 4.78 is 5.63. The van der Waals surface area contributed by atoms with E-state index in [1.807, 2.05) is 45.2 Å². The quantitative estimate of drug-likeness (QED) is 0.648. The van der Waals surface area contributed by atoms with Crippen molar-refractivity contribution in [3.05, 3.63) is 46.3 Å². The Bertz CT molecular complexity index is 865. The van der Waals surface area contributed by atoms with Crippen LogP contribution in [0.25, 0.3) is 10.8 Å². The Morgan fingerprint density at radius 2 is 1.96 bits per heavy atom. The van der Waals surface area contributed by atoms with Crippen molar-refractivity contribution < 1.29 is 9.21 Å². The van der Waals surface area contributed by atoms with Gasteiger partial charge >= 0.3 is 0 Å². The minimum Gasteiger partial charge on any atom is -0.410 e. The second-order valence-corrected chi connectivity index (χ2v) is 8.11. The lowest BCUT2D eigenvalue weighted by Gasteiger charge is -2.15. The van der Waals surface area contributed by atoms with Gasteiger partial charge in [-0.1, -0.05) is 35.5 Å². The number of thiophene rings is 1. The first-order chi connectivity index (χ1) is 11.9. The van der Waals surface area contributed by atoms with Crippen molar-refractivity contribution in [2.75, 3.05) is 5.32 Å². The van der Waals surface area contributed by atoms with Crippen LogP contribution in [0.5, 0.6) is 0 Å². The van der Waals surface area contributed by atoms with Gasteiger partial charge in [-0.05, 0) is 50.3 Å². The molecule has 1 aromatic carbocycles. The van der Waals surface area contributed by atoms with E-state index in [9.17, 15) is 4.79 Å². The highest BCUT2D eigenvalue weighted by atomic mass is 32.2. The summed E-state index contributed by atoms with van der Waals surface area (Å²) >= 11 is 2.79. The predicted octanol–water partition coefficient (Wildman–Crippen LogP) is 4.84. The van der Waals surface area contributed by atoms with E-state index in [-0.39, 0.29) is 11.2 Å². The van der Waals surface area contributed by atoms with Crippen molar-refractivity contribution >= 4 is 34.7 Å². The van der Waals surface area contributed by atoms with Crippen LogP contribution in [0.3, 0.4) is 0 Å². The molecule has 0 fully saturated rings. The van der Waals surface area contributed by atoms with E-state index in [1.54, 1.807) is 0 Å². The largest absolute Gasteiger partial charge is 0.410 e. The van der Waals surface area contributed by atoms with Gasteiger partial charge in [-0.3, -0.25) is 4.79 Å². The van der Waals surface area contributed by atoms with Crippen LogP contribution >= 0.6 is 23.1 Å². The minimum absolute atomic E-state index is 0.0871. The molecule has 1 atom stereocenters. The minimum atomic E-state index is -0.350. The zero-order valence-corrected chi connectivity index (χ0v) is 16.1. The van der Waals surface area contributed by atoms with Crippen LogP contribution in [0.2, 0.25) is 0 Å². The van der Waals surface area contributed by atoms with Gasteiger partial charge in [-0.25, -0.2) is 0 Å². The fourth-order valence-electron chi connectivity index (χ4n) is 2.56. The van der Waals surface area contributed by atoms with E-state index in [0.29, 0.717) is 11.1 Å². The van der Waals surface area contributed by atoms with Crippen LogP contribution in [-0.2, 0) is 4.79 Å². The predicted molar refractivity (Wildman–Crippen MR) is 102 cm³/mol. The molecular formula is C18H19N3O2S2. The smallest absolute Gasteiger partial charge is 0.277 e. The van der Waals surface area contributed by atoms with Gasteiger partial charge in [0.1, 0.15) is 0 Å². The third-order valence-corrected chi connectivity index (χ3v) is 5.50. The first kappa shape index (κ1) is 17.7. The fraction of sp³-hybridized carbons (Fsp3) is 0.278. The summed E-state index contributed by atoms with van der Waals surface area (Å²) in [6, 6.07) is 7.97. The van der Waals surface area contributed by atoms with Crippen LogP contribution in [0.1, 0.15) is 23.6 Å². The lowest BCUT2D eigenvalue weighted by Crippen LogP contribution is -2.23. The number of benzene rings is 1. The molecular weight excluding hydrogens is 354 g/mol. The normalized spacial score (nSPS) is 12.2. The third-order valence-electron chi connectivity index (χ3n) is 3.71. The maximum absolute atomic E-state index is 12.5. The molecule has 2 heterocycles. The van der Waals surface area contributed by atoms with Crippen molar-refractivity contribution in [2.45, 2.75) is 38.2 Å². The van der Waals surface area contributed by atoms with E-state index in [1.165, 1.54) is 28.7 Å². The number of carbonyl (C=O) groups is 1. The number of nitrogens with one attached hydrogen (secondary N) is 1. The Kier molecular flexibility index (Phi) is 5.24. The Labute approximate surface area is 154 Å². The number of hydrogen-bond acceptors (Lipinski definition) is 6. The molecule has 130 valence electrons. The number of carbonyl (C=O) groups excluding carboxylic acids is 1. The molecule has 0 bridgehead atoms. The summed E-state index contributed by atoms with van der Waals surface area (Å²) in [4.78, 5) is 13.4. The average molecular weight is 374 g/mol. The number of nitrogens with zero attached hydrogens (tertiary/aromatic N) is 2. The highest BCUT2D eigenvalue weighted by Crippen LogP contribution is 2.29. The van der Waals surface area contributed by atoms with Crippen LogP contribution in [0.15, 0.2) is 39.3 Å². The van der Waals surface area contributed by atoms with Gasteiger partial charge in [0, 0.05) is 5.69 Å². The molecule has 0 saturated carbocycles. The third kappa shape index (κ3) is 4.11. The van der Waals surface area contributed by atoms with Crippen molar-refractivity contribution in [3.8, 4) is 10.8 Å². The SMILES string of the molecule is Cc1cc(C)c(NC(=O)[C@H](C)Sc2nnc(-c3cccs3)o2)c(C)c1. The molecule has 0 saturated heterocycles. The van der Waals surface area contributed by atoms with Gasteiger partial charge in [0.2, 0.25) is 5.91 Å². The summed E-state index contributed by atoms with van der Waals surface area (Å²) in [7, 11) is 0. The van der Waals surface area contributed by atoms with E-state index < -0.39 is 0 Å². The second kappa shape index (κ2) is 7.41. The number of aromatic nitrogens is 2.